The number of nitrogens with zero attached hydrogens (tertiary/aromatic N) is 5. The van der Waals surface area contributed by atoms with E-state index in [1.807, 2.05) is 48.5 Å². The molecule has 0 saturated carbocycles. The molecule has 27 heavy (non-hydrogen) atoms. The molecule has 0 fully saturated rings. The Morgan fingerprint density at radius 2 is 1.93 bits per heavy atom. The molecular formula is C19H16N6OS. The minimum Gasteiger partial charge on any atom is -0.288 e. The second-order valence-corrected chi connectivity index (χ2v) is 6.85. The van der Waals surface area contributed by atoms with Crippen molar-refractivity contribution in [2.75, 3.05) is 5.32 Å². The van der Waals surface area contributed by atoms with E-state index in [-0.39, 0.29) is 11.9 Å². The average Bonchev–Trinajstić information content (AvgIpc) is 3.29. The van der Waals surface area contributed by atoms with Gasteiger partial charge in [-0.25, -0.2) is 14.6 Å². The first-order valence-electron chi connectivity index (χ1n) is 8.32. The predicted molar refractivity (Wildman–Crippen MR) is 104 cm³/mol. The number of rotatable bonds is 5. The maximum atomic E-state index is 12.6. The largest absolute Gasteiger partial charge is 0.288 e. The van der Waals surface area contributed by atoms with Crippen molar-refractivity contribution in [1.29, 1.82) is 0 Å². The summed E-state index contributed by atoms with van der Waals surface area (Å²) in [5.41, 5.74) is 2.51. The molecule has 134 valence electrons. The highest BCUT2D eigenvalue weighted by Crippen LogP contribution is 2.26. The lowest BCUT2D eigenvalue weighted by Gasteiger charge is -2.00. The van der Waals surface area contributed by atoms with E-state index in [1.54, 1.807) is 24.1 Å². The van der Waals surface area contributed by atoms with Gasteiger partial charge >= 0.3 is 0 Å². The van der Waals surface area contributed by atoms with Gasteiger partial charge in [0, 0.05) is 6.20 Å². The molecule has 0 aliphatic rings. The molecule has 8 heteroatoms. The molecule has 4 aromatic rings. The molecular weight excluding hydrogens is 360 g/mol. The van der Waals surface area contributed by atoms with Gasteiger partial charge in [-0.05, 0) is 24.6 Å². The van der Waals surface area contributed by atoms with Crippen LogP contribution in [0.25, 0.3) is 10.7 Å². The van der Waals surface area contributed by atoms with Crippen molar-refractivity contribution in [2.45, 2.75) is 13.5 Å². The van der Waals surface area contributed by atoms with Crippen LogP contribution in [0.5, 0.6) is 0 Å². The maximum Gasteiger partial charge on any atom is 0.270 e. The van der Waals surface area contributed by atoms with Gasteiger partial charge in [-0.15, -0.1) is 16.4 Å². The highest BCUT2D eigenvalue weighted by atomic mass is 32.1. The van der Waals surface area contributed by atoms with Gasteiger partial charge in [-0.3, -0.25) is 15.1 Å². The molecule has 1 aromatic carbocycles. The highest BCUT2D eigenvalue weighted by molar-refractivity contribution is 7.17. The van der Waals surface area contributed by atoms with Gasteiger partial charge < -0.3 is 0 Å². The van der Waals surface area contributed by atoms with Crippen molar-refractivity contribution < 1.29 is 4.79 Å². The van der Waals surface area contributed by atoms with Gasteiger partial charge in [0.1, 0.15) is 16.2 Å². The summed E-state index contributed by atoms with van der Waals surface area (Å²) in [6.45, 7) is 2.40. The molecule has 0 aliphatic heterocycles. The Labute approximate surface area is 159 Å². The smallest absolute Gasteiger partial charge is 0.270 e. The van der Waals surface area contributed by atoms with Gasteiger partial charge in [-0.2, -0.15) is 0 Å². The fourth-order valence-electron chi connectivity index (χ4n) is 2.56. The number of anilines is 1. The fourth-order valence-corrected chi connectivity index (χ4v) is 3.50. The summed E-state index contributed by atoms with van der Waals surface area (Å²) in [6.07, 6.45) is 3.30. The van der Waals surface area contributed by atoms with Crippen LogP contribution in [0.4, 0.5) is 5.95 Å². The number of benzene rings is 1. The maximum absolute atomic E-state index is 12.6. The number of hydrogen-bond donors (Lipinski definition) is 1. The SMILES string of the molecule is Cc1nc(-c2ccccn2)sc1C(=O)Nc1ncn(Cc2ccccc2)n1. The molecule has 4 rings (SSSR count). The quantitative estimate of drug-likeness (QED) is 0.577. The summed E-state index contributed by atoms with van der Waals surface area (Å²) in [5, 5.41) is 7.76. The van der Waals surface area contributed by atoms with Crippen LogP contribution in [-0.4, -0.2) is 30.6 Å². The molecule has 0 aliphatic carbocycles. The lowest BCUT2D eigenvalue weighted by atomic mass is 10.2. The summed E-state index contributed by atoms with van der Waals surface area (Å²) in [4.78, 5) is 26.0. The van der Waals surface area contributed by atoms with Crippen LogP contribution in [0.1, 0.15) is 20.9 Å². The Hall–Kier alpha value is -3.39. The predicted octanol–water partition coefficient (Wildman–Crippen LogP) is 3.41. The second kappa shape index (κ2) is 7.46. The Kier molecular flexibility index (Phi) is 4.71. The Balaban J connectivity index is 1.48. The number of thiazole rings is 1. The molecule has 0 saturated heterocycles. The fraction of sp³-hybridized carbons (Fsp3) is 0.105. The van der Waals surface area contributed by atoms with Crippen LogP contribution in [-0.2, 0) is 6.54 Å². The molecule has 7 nitrogen and oxygen atoms in total. The van der Waals surface area contributed by atoms with Gasteiger partial charge in [-0.1, -0.05) is 36.4 Å². The van der Waals surface area contributed by atoms with Crippen molar-refractivity contribution in [2.24, 2.45) is 0 Å². The number of hydrogen-bond acceptors (Lipinski definition) is 6. The summed E-state index contributed by atoms with van der Waals surface area (Å²) < 4.78 is 1.68. The zero-order chi connectivity index (χ0) is 18.6. The summed E-state index contributed by atoms with van der Waals surface area (Å²) in [6, 6.07) is 15.5. The number of pyridine rings is 1. The first kappa shape index (κ1) is 17.0. The number of nitrogens with one attached hydrogen (secondary N) is 1. The van der Waals surface area contributed by atoms with Crippen molar-refractivity contribution in [3.63, 3.8) is 0 Å². The first-order valence-corrected chi connectivity index (χ1v) is 9.14. The van der Waals surface area contributed by atoms with Crippen molar-refractivity contribution >= 4 is 23.2 Å². The average molecular weight is 376 g/mol. The molecule has 0 radical (unpaired) electrons. The van der Waals surface area contributed by atoms with Crippen LogP contribution in [0, 0.1) is 6.92 Å². The molecule has 0 bridgehead atoms. The molecule has 1 amide bonds. The molecule has 1 N–H and O–H groups in total. The van der Waals surface area contributed by atoms with E-state index in [0.717, 1.165) is 11.3 Å². The normalized spacial score (nSPS) is 10.7. The van der Waals surface area contributed by atoms with Gasteiger partial charge in [0.15, 0.2) is 0 Å². The van der Waals surface area contributed by atoms with Crippen molar-refractivity contribution in [3.05, 3.63) is 77.2 Å². The molecule has 0 atom stereocenters. The Morgan fingerprint density at radius 3 is 2.70 bits per heavy atom. The third kappa shape index (κ3) is 3.90. The summed E-state index contributed by atoms with van der Waals surface area (Å²) in [7, 11) is 0. The van der Waals surface area contributed by atoms with Gasteiger partial charge in [0.2, 0.25) is 5.95 Å². The molecule has 3 aromatic heterocycles. The third-order valence-electron chi connectivity index (χ3n) is 3.84. The first-order chi connectivity index (χ1) is 13.2. The summed E-state index contributed by atoms with van der Waals surface area (Å²) in [5.74, 6) is -0.00670. The van der Waals surface area contributed by atoms with Gasteiger partial charge in [0.25, 0.3) is 5.91 Å². The number of aromatic nitrogens is 5. The number of carbonyl (C=O) groups is 1. The van der Waals surface area contributed by atoms with Crippen molar-refractivity contribution in [1.82, 2.24) is 24.7 Å². The Bertz CT molecular complexity index is 1060. The molecule has 0 unspecified atom stereocenters. The van der Waals surface area contributed by atoms with E-state index in [2.05, 4.69) is 25.4 Å². The van der Waals surface area contributed by atoms with Crippen molar-refractivity contribution in [3.8, 4) is 10.7 Å². The summed E-state index contributed by atoms with van der Waals surface area (Å²) >= 11 is 1.30. The lowest BCUT2D eigenvalue weighted by Crippen LogP contribution is -2.13. The Morgan fingerprint density at radius 1 is 1.11 bits per heavy atom. The third-order valence-corrected chi connectivity index (χ3v) is 5.01. The number of amides is 1. The minimum atomic E-state index is -0.273. The van der Waals surface area contributed by atoms with Crippen LogP contribution in [0.2, 0.25) is 0 Å². The second-order valence-electron chi connectivity index (χ2n) is 5.85. The lowest BCUT2D eigenvalue weighted by molar-refractivity contribution is 0.102. The zero-order valence-electron chi connectivity index (χ0n) is 14.5. The van der Waals surface area contributed by atoms with E-state index in [9.17, 15) is 4.79 Å². The number of carbonyl (C=O) groups excluding carboxylic acids is 1. The van der Waals surface area contributed by atoms with Crippen LogP contribution < -0.4 is 5.32 Å². The highest BCUT2D eigenvalue weighted by Gasteiger charge is 2.18. The van der Waals surface area contributed by atoms with E-state index < -0.39 is 0 Å². The van der Waals surface area contributed by atoms with E-state index in [1.165, 1.54) is 11.3 Å². The van der Waals surface area contributed by atoms with Gasteiger partial charge in [0.05, 0.1) is 17.9 Å². The topological polar surface area (TPSA) is 85.6 Å². The van der Waals surface area contributed by atoms with Crippen LogP contribution in [0.15, 0.2) is 61.1 Å². The molecule has 0 spiro atoms. The van der Waals surface area contributed by atoms with Crippen LogP contribution >= 0.6 is 11.3 Å². The number of aryl methyl sites for hydroxylation is 1. The van der Waals surface area contributed by atoms with E-state index in [0.29, 0.717) is 22.1 Å². The minimum absolute atomic E-state index is 0.267. The van der Waals surface area contributed by atoms with Crippen LogP contribution in [0.3, 0.4) is 0 Å². The monoisotopic (exact) mass is 376 g/mol. The van der Waals surface area contributed by atoms with E-state index >= 15 is 0 Å². The van der Waals surface area contributed by atoms with E-state index in [4.69, 9.17) is 0 Å². The molecule has 3 heterocycles. The standard InChI is InChI=1S/C19H16N6OS/c1-13-16(27-18(22-13)15-9-5-6-10-20-15)17(26)23-19-21-12-25(24-19)11-14-7-3-2-4-8-14/h2-10,12H,11H2,1H3,(H,23,24,26). The zero-order valence-corrected chi connectivity index (χ0v) is 15.3.